The van der Waals surface area contributed by atoms with E-state index in [1.807, 2.05) is 30.0 Å². The smallest absolute Gasteiger partial charge is 0.252 e. The molecule has 6 nitrogen and oxygen atoms in total. The fourth-order valence-corrected chi connectivity index (χ4v) is 6.62. The van der Waals surface area contributed by atoms with Crippen LogP contribution in [0.15, 0.2) is 40.6 Å². The van der Waals surface area contributed by atoms with E-state index in [1.165, 1.54) is 4.31 Å². The number of halogens is 1. The summed E-state index contributed by atoms with van der Waals surface area (Å²) in [6, 6.07) is 10.7. The van der Waals surface area contributed by atoms with Gasteiger partial charge in [-0.15, -0.1) is 11.3 Å². The van der Waals surface area contributed by atoms with Crippen molar-refractivity contribution in [3.63, 3.8) is 0 Å². The van der Waals surface area contributed by atoms with Gasteiger partial charge in [-0.25, -0.2) is 8.42 Å². The Morgan fingerprint density at radius 2 is 1.80 bits per heavy atom. The molecule has 1 amide bonds. The van der Waals surface area contributed by atoms with Gasteiger partial charge in [-0.3, -0.25) is 9.69 Å². The van der Waals surface area contributed by atoms with Gasteiger partial charge in [-0.2, -0.15) is 4.31 Å². The van der Waals surface area contributed by atoms with Crippen molar-refractivity contribution in [3.8, 4) is 0 Å². The number of para-hydroxylation sites is 1. The van der Waals surface area contributed by atoms with Crippen LogP contribution in [-0.4, -0.2) is 55.8 Å². The van der Waals surface area contributed by atoms with Crippen molar-refractivity contribution < 1.29 is 13.2 Å². The quantitative estimate of drug-likeness (QED) is 0.658. The van der Waals surface area contributed by atoms with Crippen LogP contribution in [0.4, 0.5) is 5.69 Å². The number of hydrogen-bond acceptors (Lipinski definition) is 5. The Bertz CT molecular complexity index is 985. The molecule has 0 aliphatic carbocycles. The molecular formula is C21H28ClN3O3S2. The number of piperazine rings is 1. The fraction of sp³-hybridized carbons (Fsp3) is 0.476. The van der Waals surface area contributed by atoms with Gasteiger partial charge in [-0.1, -0.05) is 43.6 Å². The minimum Gasteiger partial charge on any atom is -0.324 e. The number of hydrogen-bond donors (Lipinski definition) is 1. The van der Waals surface area contributed by atoms with Gasteiger partial charge in [-0.05, 0) is 43.0 Å². The molecule has 0 radical (unpaired) electrons. The number of carbonyl (C=O) groups is 1. The molecule has 1 aromatic carbocycles. The Kier molecular flexibility index (Phi) is 7.57. The Labute approximate surface area is 187 Å². The number of thiophene rings is 1. The Morgan fingerprint density at radius 1 is 1.13 bits per heavy atom. The highest BCUT2D eigenvalue weighted by atomic mass is 35.5. The molecule has 2 heterocycles. The summed E-state index contributed by atoms with van der Waals surface area (Å²) in [5.41, 5.74) is 1.98. The van der Waals surface area contributed by atoms with Crippen molar-refractivity contribution in [1.29, 1.82) is 0 Å². The summed E-state index contributed by atoms with van der Waals surface area (Å²) < 4.78 is 27.7. The monoisotopic (exact) mass is 469 g/mol. The van der Waals surface area contributed by atoms with Crippen LogP contribution < -0.4 is 5.32 Å². The molecule has 2 aromatic rings. The van der Waals surface area contributed by atoms with Crippen LogP contribution in [0.25, 0.3) is 0 Å². The second-order valence-corrected chi connectivity index (χ2v) is 11.4. The maximum Gasteiger partial charge on any atom is 0.252 e. The molecular weight excluding hydrogens is 442 g/mol. The van der Waals surface area contributed by atoms with Crippen LogP contribution in [0.3, 0.4) is 0 Å². The average Bonchev–Trinajstić information content (AvgIpc) is 3.20. The molecule has 0 saturated carbocycles. The average molecular weight is 470 g/mol. The van der Waals surface area contributed by atoms with E-state index in [0.29, 0.717) is 36.4 Å². The predicted octanol–water partition coefficient (Wildman–Crippen LogP) is 4.25. The second kappa shape index (κ2) is 9.78. The molecule has 2 unspecified atom stereocenters. The van der Waals surface area contributed by atoms with E-state index >= 15 is 0 Å². The van der Waals surface area contributed by atoms with Gasteiger partial charge in [0.15, 0.2) is 0 Å². The number of carbonyl (C=O) groups excluding carboxylic acids is 1. The first-order chi connectivity index (χ1) is 14.2. The van der Waals surface area contributed by atoms with Gasteiger partial charge in [0.1, 0.15) is 4.21 Å². The summed E-state index contributed by atoms with van der Waals surface area (Å²) in [6.45, 7) is 7.83. The summed E-state index contributed by atoms with van der Waals surface area (Å²) in [6.07, 6.45) is 0.994. The minimum absolute atomic E-state index is 0.0768. The Balaban J connectivity index is 1.62. The maximum atomic E-state index is 12.9. The van der Waals surface area contributed by atoms with Crippen molar-refractivity contribution in [2.75, 3.05) is 31.5 Å². The Hall–Kier alpha value is -1.45. The predicted molar refractivity (Wildman–Crippen MR) is 123 cm³/mol. The summed E-state index contributed by atoms with van der Waals surface area (Å²) in [5, 5.41) is 3.07. The summed E-state index contributed by atoms with van der Waals surface area (Å²) >= 11 is 6.96. The number of benzene rings is 1. The van der Waals surface area contributed by atoms with Crippen molar-refractivity contribution in [2.45, 2.75) is 43.4 Å². The van der Waals surface area contributed by atoms with Crippen LogP contribution in [-0.2, 0) is 14.8 Å². The van der Waals surface area contributed by atoms with E-state index in [1.54, 1.807) is 12.1 Å². The van der Waals surface area contributed by atoms with E-state index in [9.17, 15) is 13.2 Å². The zero-order valence-corrected chi connectivity index (χ0v) is 19.9. The van der Waals surface area contributed by atoms with Crippen LogP contribution in [0.5, 0.6) is 0 Å². The third-order valence-corrected chi connectivity index (χ3v) is 9.30. The van der Waals surface area contributed by atoms with E-state index in [0.717, 1.165) is 29.0 Å². The standard InChI is InChI=1S/C21H28ClN3O3S2/c1-4-15(2)17-7-5-6-8-18(17)23-21(26)16(3)24-11-13-25(14-12-24)30(27,28)20-10-9-19(22)29-20/h5-10,15-16H,4,11-14H2,1-3H3,(H,23,26). The molecule has 1 aliphatic rings. The van der Waals surface area contributed by atoms with Crippen LogP contribution in [0.2, 0.25) is 4.34 Å². The van der Waals surface area contributed by atoms with E-state index < -0.39 is 10.0 Å². The molecule has 3 rings (SSSR count). The second-order valence-electron chi connectivity index (χ2n) is 7.56. The van der Waals surface area contributed by atoms with Crippen molar-refractivity contribution >= 4 is 44.6 Å². The Morgan fingerprint density at radius 3 is 2.40 bits per heavy atom. The maximum absolute atomic E-state index is 12.9. The van der Waals surface area contributed by atoms with Gasteiger partial charge in [0.25, 0.3) is 10.0 Å². The van der Waals surface area contributed by atoms with Gasteiger partial charge < -0.3 is 5.32 Å². The highest BCUT2D eigenvalue weighted by molar-refractivity contribution is 7.91. The number of nitrogens with zero attached hydrogens (tertiary/aromatic N) is 2. The SMILES string of the molecule is CCC(C)c1ccccc1NC(=O)C(C)N1CCN(S(=O)(=O)c2ccc(Cl)s2)CC1. The molecule has 1 saturated heterocycles. The van der Waals surface area contributed by atoms with Crippen LogP contribution >= 0.6 is 22.9 Å². The molecule has 1 fully saturated rings. The highest BCUT2D eigenvalue weighted by Crippen LogP contribution is 2.29. The molecule has 9 heteroatoms. The lowest BCUT2D eigenvalue weighted by Gasteiger charge is -2.36. The molecule has 1 aliphatic heterocycles. The first-order valence-electron chi connectivity index (χ1n) is 10.1. The molecule has 30 heavy (non-hydrogen) atoms. The number of amides is 1. The van der Waals surface area contributed by atoms with E-state index in [-0.39, 0.29) is 16.2 Å². The highest BCUT2D eigenvalue weighted by Gasteiger charge is 2.32. The molecule has 2 atom stereocenters. The lowest BCUT2D eigenvalue weighted by Crippen LogP contribution is -2.53. The third-order valence-electron chi connectivity index (χ3n) is 5.71. The lowest BCUT2D eigenvalue weighted by molar-refractivity contribution is -0.121. The van der Waals surface area contributed by atoms with Crippen LogP contribution in [0.1, 0.15) is 38.7 Å². The van der Waals surface area contributed by atoms with Crippen molar-refractivity contribution in [3.05, 3.63) is 46.3 Å². The molecule has 164 valence electrons. The fourth-order valence-electron chi connectivity index (χ4n) is 3.56. The number of nitrogens with one attached hydrogen (secondary N) is 1. The molecule has 1 aromatic heterocycles. The van der Waals surface area contributed by atoms with Gasteiger partial charge in [0.05, 0.1) is 10.4 Å². The lowest BCUT2D eigenvalue weighted by atomic mass is 9.97. The molecule has 0 bridgehead atoms. The molecule has 1 N–H and O–H groups in total. The van der Waals surface area contributed by atoms with Crippen LogP contribution in [0, 0.1) is 0 Å². The van der Waals surface area contributed by atoms with E-state index in [2.05, 4.69) is 25.2 Å². The van der Waals surface area contributed by atoms with Crippen molar-refractivity contribution in [2.24, 2.45) is 0 Å². The first kappa shape index (κ1) is 23.2. The van der Waals surface area contributed by atoms with Gasteiger partial charge in [0.2, 0.25) is 5.91 Å². The summed E-state index contributed by atoms with van der Waals surface area (Å²) in [4.78, 5) is 14.9. The largest absolute Gasteiger partial charge is 0.324 e. The number of anilines is 1. The van der Waals surface area contributed by atoms with Gasteiger partial charge >= 0.3 is 0 Å². The van der Waals surface area contributed by atoms with Crippen molar-refractivity contribution in [1.82, 2.24) is 9.21 Å². The van der Waals surface area contributed by atoms with E-state index in [4.69, 9.17) is 11.6 Å². The van der Waals surface area contributed by atoms with Gasteiger partial charge in [0, 0.05) is 31.9 Å². The normalized spacial score (nSPS) is 18.1. The summed E-state index contributed by atoms with van der Waals surface area (Å²) in [7, 11) is -3.54. The third kappa shape index (κ3) is 5.06. The number of rotatable bonds is 7. The zero-order chi connectivity index (χ0) is 21.9. The zero-order valence-electron chi connectivity index (χ0n) is 17.5. The topological polar surface area (TPSA) is 69.7 Å². The minimum atomic E-state index is -3.54. The molecule has 0 spiro atoms. The summed E-state index contributed by atoms with van der Waals surface area (Å²) in [5.74, 6) is 0.281. The number of sulfonamides is 1. The first-order valence-corrected chi connectivity index (χ1v) is 12.8.